The molecule has 3 fully saturated rings. The normalized spacial score (nSPS) is 22.1. The van der Waals surface area contributed by atoms with Gasteiger partial charge in [-0.25, -0.2) is 0 Å². The number of carbonyl (C=O) groups is 3. The number of aromatic nitrogens is 2. The van der Waals surface area contributed by atoms with E-state index in [0.29, 0.717) is 57.9 Å². The van der Waals surface area contributed by atoms with Crippen molar-refractivity contribution in [3.63, 3.8) is 0 Å². The van der Waals surface area contributed by atoms with Crippen LogP contribution in [0, 0.1) is 5.92 Å². The van der Waals surface area contributed by atoms with Gasteiger partial charge in [0, 0.05) is 44.7 Å². The Bertz CT molecular complexity index is 1050. The van der Waals surface area contributed by atoms with E-state index in [1.807, 2.05) is 23.1 Å². The predicted molar refractivity (Wildman–Crippen MR) is 123 cm³/mol. The number of hydrogen-bond acceptors (Lipinski definition) is 8. The minimum Gasteiger partial charge on any atom is -0.347 e. The van der Waals surface area contributed by atoms with Crippen LogP contribution in [-0.4, -0.2) is 82.9 Å². The zero-order chi connectivity index (χ0) is 23.5. The molecule has 1 spiro atoms. The van der Waals surface area contributed by atoms with Crippen molar-refractivity contribution in [1.29, 1.82) is 0 Å². The predicted octanol–water partition coefficient (Wildman–Crippen LogP) is 2.01. The lowest BCUT2D eigenvalue weighted by atomic mass is 9.94. The van der Waals surface area contributed by atoms with Crippen LogP contribution in [0.15, 0.2) is 30.3 Å². The van der Waals surface area contributed by atoms with Gasteiger partial charge in [-0.15, -0.1) is 10.2 Å². The number of anilines is 1. The second-order valence-corrected chi connectivity index (χ2v) is 9.73. The molecule has 0 bridgehead atoms. The fourth-order valence-electron chi connectivity index (χ4n) is 4.72. The first kappa shape index (κ1) is 22.9. The smallest absolute Gasteiger partial charge is 0.286 e. The highest BCUT2D eigenvalue weighted by Gasteiger charge is 2.42. The lowest BCUT2D eigenvalue weighted by Crippen LogP contribution is -2.51. The summed E-state index contributed by atoms with van der Waals surface area (Å²) >= 11 is 0.962. The Morgan fingerprint density at radius 2 is 1.68 bits per heavy atom. The van der Waals surface area contributed by atoms with Gasteiger partial charge in [0.25, 0.3) is 11.8 Å². The van der Waals surface area contributed by atoms with E-state index < -0.39 is 11.7 Å². The van der Waals surface area contributed by atoms with Crippen molar-refractivity contribution in [3.05, 3.63) is 40.3 Å². The maximum atomic E-state index is 13.2. The SMILES string of the molecule is O=C(Nc1ccccc1)c1nnc(C(=O)N2CCC[C@@H](C(=O)N3CCC4(CC3)OCCO4)C2)s1. The number of piperidine rings is 2. The summed E-state index contributed by atoms with van der Waals surface area (Å²) in [5, 5.41) is 10.9. The third kappa shape index (κ3) is 4.82. The van der Waals surface area contributed by atoms with Crippen molar-refractivity contribution in [2.45, 2.75) is 31.5 Å². The van der Waals surface area contributed by atoms with Crippen molar-refractivity contribution in [3.8, 4) is 0 Å². The molecule has 11 heteroatoms. The number of carbonyl (C=O) groups excluding carboxylic acids is 3. The molecular weight excluding hydrogens is 458 g/mol. The van der Waals surface area contributed by atoms with Crippen LogP contribution < -0.4 is 5.32 Å². The molecule has 3 saturated heterocycles. The molecule has 1 aromatic heterocycles. The van der Waals surface area contributed by atoms with Gasteiger partial charge in [-0.05, 0) is 25.0 Å². The van der Waals surface area contributed by atoms with Crippen LogP contribution in [0.2, 0.25) is 0 Å². The maximum Gasteiger partial charge on any atom is 0.286 e. The first-order valence-electron chi connectivity index (χ1n) is 11.6. The highest BCUT2D eigenvalue weighted by molar-refractivity contribution is 7.15. The monoisotopic (exact) mass is 485 g/mol. The van der Waals surface area contributed by atoms with E-state index in [1.165, 1.54) is 0 Å². The summed E-state index contributed by atoms with van der Waals surface area (Å²) in [4.78, 5) is 42.2. The van der Waals surface area contributed by atoms with Gasteiger partial charge in [0.2, 0.25) is 15.9 Å². The third-order valence-electron chi connectivity index (χ3n) is 6.54. The zero-order valence-electron chi connectivity index (χ0n) is 18.8. The van der Waals surface area contributed by atoms with Crippen LogP contribution in [0.25, 0.3) is 0 Å². The van der Waals surface area contributed by atoms with E-state index in [4.69, 9.17) is 9.47 Å². The van der Waals surface area contributed by atoms with E-state index in [2.05, 4.69) is 15.5 Å². The summed E-state index contributed by atoms with van der Waals surface area (Å²) in [6.07, 6.45) is 2.84. The van der Waals surface area contributed by atoms with Gasteiger partial charge in [-0.2, -0.15) is 0 Å². The minimum absolute atomic E-state index is 0.0746. The lowest BCUT2D eigenvalue weighted by Gasteiger charge is -2.40. The Morgan fingerprint density at radius 3 is 2.41 bits per heavy atom. The van der Waals surface area contributed by atoms with Gasteiger partial charge < -0.3 is 24.6 Å². The highest BCUT2D eigenvalue weighted by Crippen LogP contribution is 2.32. The first-order valence-corrected chi connectivity index (χ1v) is 12.4. The number of nitrogens with zero attached hydrogens (tertiary/aromatic N) is 4. The van der Waals surface area contributed by atoms with E-state index in [-0.39, 0.29) is 27.7 Å². The number of hydrogen-bond donors (Lipinski definition) is 1. The van der Waals surface area contributed by atoms with Crippen LogP contribution in [0.1, 0.15) is 45.3 Å². The number of ether oxygens (including phenoxy) is 2. The molecule has 180 valence electrons. The van der Waals surface area contributed by atoms with E-state index >= 15 is 0 Å². The number of likely N-dealkylation sites (tertiary alicyclic amines) is 2. The average Bonchev–Trinajstić information content (AvgIpc) is 3.55. The maximum absolute atomic E-state index is 13.2. The average molecular weight is 486 g/mol. The quantitative estimate of drug-likeness (QED) is 0.705. The fourth-order valence-corrected chi connectivity index (χ4v) is 5.42. The molecule has 0 saturated carbocycles. The Labute approximate surface area is 201 Å². The molecule has 2 aromatic rings. The molecule has 3 aliphatic heterocycles. The highest BCUT2D eigenvalue weighted by atomic mass is 32.1. The number of benzene rings is 1. The van der Waals surface area contributed by atoms with Crippen molar-refractivity contribution in [2.75, 3.05) is 44.7 Å². The summed E-state index contributed by atoms with van der Waals surface area (Å²) in [6, 6.07) is 9.03. The number of para-hydroxylation sites is 1. The Balaban J connectivity index is 1.17. The van der Waals surface area contributed by atoms with Crippen LogP contribution >= 0.6 is 11.3 Å². The van der Waals surface area contributed by atoms with Gasteiger partial charge in [0.1, 0.15) is 0 Å². The van der Waals surface area contributed by atoms with Gasteiger partial charge in [-0.1, -0.05) is 29.5 Å². The van der Waals surface area contributed by atoms with Gasteiger partial charge >= 0.3 is 0 Å². The van der Waals surface area contributed by atoms with Crippen molar-refractivity contribution in [1.82, 2.24) is 20.0 Å². The van der Waals surface area contributed by atoms with E-state index in [9.17, 15) is 14.4 Å². The molecule has 34 heavy (non-hydrogen) atoms. The molecule has 1 aromatic carbocycles. The lowest BCUT2D eigenvalue weighted by molar-refractivity contribution is -0.188. The Hall–Kier alpha value is -2.89. The van der Waals surface area contributed by atoms with Gasteiger partial charge in [0.05, 0.1) is 19.1 Å². The fraction of sp³-hybridized carbons (Fsp3) is 0.522. The molecule has 4 heterocycles. The second-order valence-electron chi connectivity index (χ2n) is 8.76. The van der Waals surface area contributed by atoms with Crippen LogP contribution in [0.4, 0.5) is 5.69 Å². The summed E-state index contributed by atoms with van der Waals surface area (Å²) in [5.41, 5.74) is 0.641. The topological polar surface area (TPSA) is 114 Å². The third-order valence-corrected chi connectivity index (χ3v) is 7.45. The van der Waals surface area contributed by atoms with Crippen LogP contribution in [0.5, 0.6) is 0 Å². The molecule has 0 unspecified atom stereocenters. The zero-order valence-corrected chi connectivity index (χ0v) is 19.6. The number of amides is 3. The standard InChI is InChI=1S/C23H27N5O5S/c29-18(24-17-6-2-1-3-7-17)19-25-26-20(34-19)22(31)28-10-4-5-16(15-28)21(30)27-11-8-23(9-12-27)32-13-14-33-23/h1-3,6-7,16H,4-5,8-15H2,(H,24,29)/t16-/m1/s1. The molecule has 1 N–H and O–H groups in total. The molecular formula is C23H27N5O5S. The van der Waals surface area contributed by atoms with Gasteiger partial charge in [0.15, 0.2) is 5.79 Å². The van der Waals surface area contributed by atoms with Crippen molar-refractivity contribution >= 4 is 34.7 Å². The van der Waals surface area contributed by atoms with Crippen LogP contribution in [0.3, 0.4) is 0 Å². The molecule has 1 atom stereocenters. The van der Waals surface area contributed by atoms with Crippen LogP contribution in [-0.2, 0) is 14.3 Å². The Morgan fingerprint density at radius 1 is 0.971 bits per heavy atom. The molecule has 0 radical (unpaired) electrons. The first-order chi connectivity index (χ1) is 16.5. The largest absolute Gasteiger partial charge is 0.347 e. The number of rotatable bonds is 4. The summed E-state index contributed by atoms with van der Waals surface area (Å²) in [5.74, 6) is -1.39. The van der Waals surface area contributed by atoms with Gasteiger partial charge in [-0.3, -0.25) is 14.4 Å². The molecule has 0 aliphatic carbocycles. The molecule has 10 nitrogen and oxygen atoms in total. The molecule has 3 aliphatic rings. The minimum atomic E-state index is -0.520. The van der Waals surface area contributed by atoms with E-state index in [1.54, 1.807) is 17.0 Å². The number of nitrogens with one attached hydrogen (secondary N) is 1. The van der Waals surface area contributed by atoms with Crippen molar-refractivity contribution in [2.24, 2.45) is 5.92 Å². The molecule has 3 amide bonds. The summed E-state index contributed by atoms with van der Waals surface area (Å²) in [7, 11) is 0. The summed E-state index contributed by atoms with van der Waals surface area (Å²) in [6.45, 7) is 3.30. The second kappa shape index (κ2) is 9.77. The molecule has 5 rings (SSSR count). The Kier molecular flexibility index (Phi) is 6.57. The van der Waals surface area contributed by atoms with E-state index in [0.717, 1.165) is 24.2 Å². The summed E-state index contributed by atoms with van der Waals surface area (Å²) < 4.78 is 11.5. The van der Waals surface area contributed by atoms with Crippen molar-refractivity contribution < 1.29 is 23.9 Å².